The average Bonchev–Trinajstić information content (AvgIpc) is 2.52. The summed E-state index contributed by atoms with van der Waals surface area (Å²) in [6, 6.07) is 0. The van der Waals surface area contributed by atoms with E-state index in [1.807, 2.05) is 0 Å². The third kappa shape index (κ3) is 0.652. The van der Waals surface area contributed by atoms with Gasteiger partial charge in [0.15, 0.2) is 0 Å². The first-order chi connectivity index (χ1) is 5.36. The number of aliphatic hydroxyl groups is 1. The Kier molecular flexibility index (Phi) is 1.07. The molecule has 3 aliphatic carbocycles. The van der Waals surface area contributed by atoms with E-state index in [0.717, 1.165) is 24.2 Å². The molecular weight excluding hydrogens is 136 g/mol. The third-order valence-corrected chi connectivity index (χ3v) is 3.97. The van der Waals surface area contributed by atoms with E-state index in [2.05, 4.69) is 12.2 Å². The smallest absolute Gasteiger partial charge is 0.0574 e. The maximum atomic E-state index is 9.64. The highest BCUT2D eigenvalue weighted by atomic mass is 16.3. The Bertz CT molecular complexity index is 209. The summed E-state index contributed by atoms with van der Waals surface area (Å²) in [4.78, 5) is 0. The molecule has 0 aromatic heterocycles. The molecule has 0 aromatic carbocycles. The fourth-order valence-corrected chi connectivity index (χ4v) is 3.52. The first-order valence-electron chi connectivity index (χ1n) is 4.71. The highest BCUT2D eigenvalue weighted by Gasteiger charge is 2.51. The van der Waals surface area contributed by atoms with E-state index in [0.29, 0.717) is 5.92 Å². The van der Waals surface area contributed by atoms with Crippen molar-refractivity contribution < 1.29 is 5.11 Å². The molecule has 0 unspecified atom stereocenters. The van der Waals surface area contributed by atoms with Gasteiger partial charge in [-0.3, -0.25) is 0 Å². The van der Waals surface area contributed by atoms with E-state index >= 15 is 0 Å². The Labute approximate surface area is 67.1 Å². The van der Waals surface area contributed by atoms with Crippen LogP contribution in [0.25, 0.3) is 0 Å². The number of aliphatic hydroxyl groups excluding tert-OH is 1. The quantitative estimate of drug-likeness (QED) is 0.520. The summed E-state index contributed by atoms with van der Waals surface area (Å²) in [6.45, 7) is 0. The van der Waals surface area contributed by atoms with Crippen molar-refractivity contribution in [2.45, 2.75) is 25.4 Å². The van der Waals surface area contributed by atoms with Gasteiger partial charge in [-0.05, 0) is 42.9 Å². The SMILES string of the molecule is O[C@@H]1C[C@H]2C[C@@H]1[C@H]1CC=C[C@@H]21. The van der Waals surface area contributed by atoms with Crippen molar-refractivity contribution in [3.8, 4) is 0 Å². The molecular formula is C10H14O. The van der Waals surface area contributed by atoms with Gasteiger partial charge in [0.25, 0.3) is 0 Å². The molecule has 60 valence electrons. The fourth-order valence-electron chi connectivity index (χ4n) is 3.52. The molecule has 0 saturated heterocycles. The Hall–Kier alpha value is -0.300. The first kappa shape index (κ1) is 6.24. The molecule has 1 N–H and O–H groups in total. The molecule has 0 aliphatic heterocycles. The van der Waals surface area contributed by atoms with Gasteiger partial charge in [0, 0.05) is 0 Å². The summed E-state index contributed by atoms with van der Waals surface area (Å²) in [5.74, 6) is 3.16. The lowest BCUT2D eigenvalue weighted by molar-refractivity contribution is 0.0697. The van der Waals surface area contributed by atoms with Crippen LogP contribution in [-0.2, 0) is 0 Å². The van der Waals surface area contributed by atoms with Crippen molar-refractivity contribution in [2.75, 3.05) is 0 Å². The summed E-state index contributed by atoms with van der Waals surface area (Å²) in [5.41, 5.74) is 0. The topological polar surface area (TPSA) is 20.2 Å². The molecule has 0 heterocycles. The number of fused-ring (bicyclic) bond motifs is 5. The monoisotopic (exact) mass is 150 g/mol. The van der Waals surface area contributed by atoms with E-state index in [1.165, 1.54) is 12.8 Å². The lowest BCUT2D eigenvalue weighted by Crippen LogP contribution is -2.27. The zero-order valence-electron chi connectivity index (χ0n) is 6.61. The Morgan fingerprint density at radius 3 is 3.00 bits per heavy atom. The second-order valence-corrected chi connectivity index (χ2v) is 4.37. The van der Waals surface area contributed by atoms with Crippen molar-refractivity contribution in [1.29, 1.82) is 0 Å². The molecule has 3 rings (SSSR count). The molecule has 2 fully saturated rings. The molecule has 2 saturated carbocycles. The third-order valence-electron chi connectivity index (χ3n) is 3.97. The van der Waals surface area contributed by atoms with Crippen LogP contribution >= 0.6 is 0 Å². The largest absolute Gasteiger partial charge is 0.393 e. The molecule has 11 heavy (non-hydrogen) atoms. The molecule has 0 spiro atoms. The standard InChI is InChI=1S/C10H14O/c11-10-5-6-4-9(10)8-3-1-2-7(6)8/h1-2,6-11H,3-5H2/t6-,7+,8+,9-,10-/m1/s1. The zero-order valence-corrected chi connectivity index (χ0v) is 6.61. The minimum Gasteiger partial charge on any atom is -0.393 e. The second-order valence-electron chi connectivity index (χ2n) is 4.37. The van der Waals surface area contributed by atoms with E-state index in [-0.39, 0.29) is 6.10 Å². The van der Waals surface area contributed by atoms with Crippen LogP contribution in [0.5, 0.6) is 0 Å². The van der Waals surface area contributed by atoms with Gasteiger partial charge in [0.1, 0.15) is 0 Å². The summed E-state index contributed by atoms with van der Waals surface area (Å²) in [7, 11) is 0. The fraction of sp³-hybridized carbons (Fsp3) is 0.800. The lowest BCUT2D eigenvalue weighted by atomic mass is 9.80. The summed E-state index contributed by atoms with van der Waals surface area (Å²) in [6.07, 6.45) is 8.37. The summed E-state index contributed by atoms with van der Waals surface area (Å²) < 4.78 is 0. The molecule has 0 amide bonds. The Balaban J connectivity index is 1.94. The summed E-state index contributed by atoms with van der Waals surface area (Å²) >= 11 is 0. The van der Waals surface area contributed by atoms with E-state index < -0.39 is 0 Å². The van der Waals surface area contributed by atoms with Crippen LogP contribution in [0.1, 0.15) is 19.3 Å². The molecule has 2 bridgehead atoms. The van der Waals surface area contributed by atoms with Crippen LogP contribution in [0.2, 0.25) is 0 Å². The Morgan fingerprint density at radius 1 is 1.18 bits per heavy atom. The molecule has 5 atom stereocenters. The molecule has 1 nitrogen and oxygen atoms in total. The minimum atomic E-state index is 0.0427. The number of allylic oxidation sites excluding steroid dienone is 2. The van der Waals surface area contributed by atoms with Gasteiger partial charge in [-0.2, -0.15) is 0 Å². The first-order valence-corrected chi connectivity index (χ1v) is 4.71. The van der Waals surface area contributed by atoms with Crippen molar-refractivity contribution in [1.82, 2.24) is 0 Å². The lowest BCUT2D eigenvalue weighted by Gasteiger charge is -2.27. The van der Waals surface area contributed by atoms with E-state index in [1.54, 1.807) is 0 Å². The number of hydrogen-bond donors (Lipinski definition) is 1. The van der Waals surface area contributed by atoms with Gasteiger partial charge in [-0.15, -0.1) is 0 Å². The Morgan fingerprint density at radius 2 is 2.09 bits per heavy atom. The van der Waals surface area contributed by atoms with Gasteiger partial charge >= 0.3 is 0 Å². The van der Waals surface area contributed by atoms with Gasteiger partial charge in [0.2, 0.25) is 0 Å². The van der Waals surface area contributed by atoms with Gasteiger partial charge in [-0.25, -0.2) is 0 Å². The molecule has 0 aromatic rings. The number of rotatable bonds is 0. The van der Waals surface area contributed by atoms with Crippen LogP contribution < -0.4 is 0 Å². The second kappa shape index (κ2) is 1.89. The number of hydrogen-bond acceptors (Lipinski definition) is 1. The van der Waals surface area contributed by atoms with Crippen molar-refractivity contribution in [3.63, 3.8) is 0 Å². The highest BCUT2D eigenvalue weighted by molar-refractivity contribution is 5.14. The zero-order chi connectivity index (χ0) is 7.42. The predicted octanol–water partition coefficient (Wildman–Crippen LogP) is 1.58. The van der Waals surface area contributed by atoms with Crippen molar-refractivity contribution in [2.24, 2.45) is 23.7 Å². The van der Waals surface area contributed by atoms with E-state index in [9.17, 15) is 5.11 Å². The van der Waals surface area contributed by atoms with Crippen molar-refractivity contribution in [3.05, 3.63) is 12.2 Å². The van der Waals surface area contributed by atoms with Crippen LogP contribution in [0, 0.1) is 23.7 Å². The molecule has 0 radical (unpaired) electrons. The molecule has 1 heteroatoms. The average molecular weight is 150 g/mol. The van der Waals surface area contributed by atoms with Crippen LogP contribution in [-0.4, -0.2) is 11.2 Å². The summed E-state index contributed by atoms with van der Waals surface area (Å²) in [5, 5.41) is 9.64. The highest BCUT2D eigenvalue weighted by Crippen LogP contribution is 2.56. The van der Waals surface area contributed by atoms with Crippen LogP contribution in [0.4, 0.5) is 0 Å². The minimum absolute atomic E-state index is 0.0427. The maximum Gasteiger partial charge on any atom is 0.0574 e. The van der Waals surface area contributed by atoms with Gasteiger partial charge < -0.3 is 5.11 Å². The molecule has 3 aliphatic rings. The maximum absolute atomic E-state index is 9.64. The van der Waals surface area contributed by atoms with Gasteiger partial charge in [0.05, 0.1) is 6.10 Å². The predicted molar refractivity (Wildman–Crippen MR) is 43.0 cm³/mol. The van der Waals surface area contributed by atoms with E-state index in [4.69, 9.17) is 0 Å². The van der Waals surface area contributed by atoms with Gasteiger partial charge in [-0.1, -0.05) is 12.2 Å². The van der Waals surface area contributed by atoms with Crippen molar-refractivity contribution >= 4 is 0 Å². The van der Waals surface area contributed by atoms with Crippen LogP contribution in [0.3, 0.4) is 0 Å². The van der Waals surface area contributed by atoms with Crippen LogP contribution in [0.15, 0.2) is 12.2 Å². The normalized spacial score (nSPS) is 58.8.